The van der Waals surface area contributed by atoms with Gasteiger partial charge in [0.15, 0.2) is 11.5 Å². The quantitative estimate of drug-likeness (QED) is 0.543. The predicted octanol–water partition coefficient (Wildman–Crippen LogP) is 4.31. The van der Waals surface area contributed by atoms with Gasteiger partial charge in [-0.3, -0.25) is 4.79 Å². The molecule has 0 saturated carbocycles. The van der Waals surface area contributed by atoms with Crippen molar-refractivity contribution in [1.82, 2.24) is 0 Å². The van der Waals surface area contributed by atoms with Crippen LogP contribution in [0.4, 0.5) is 5.69 Å². The molecule has 1 aliphatic rings. The van der Waals surface area contributed by atoms with E-state index in [0.29, 0.717) is 36.8 Å². The first kappa shape index (κ1) is 17.7. The SMILES string of the molecule is CCc1oc2ccccc2c1/C=C(\C#N)C(=O)Nc1ccc2c(c1)OCCO2. The molecule has 1 N–H and O–H groups in total. The number of fused-ring (bicyclic) bond motifs is 2. The van der Waals surface area contributed by atoms with Gasteiger partial charge in [-0.25, -0.2) is 0 Å². The number of para-hydroxylation sites is 1. The second kappa shape index (κ2) is 7.49. The fourth-order valence-corrected chi connectivity index (χ4v) is 3.15. The summed E-state index contributed by atoms with van der Waals surface area (Å²) in [4.78, 5) is 12.7. The lowest BCUT2D eigenvalue weighted by Gasteiger charge is -2.18. The van der Waals surface area contributed by atoms with Gasteiger partial charge in [-0.15, -0.1) is 0 Å². The third-order valence-electron chi connectivity index (χ3n) is 4.49. The average molecular weight is 374 g/mol. The third kappa shape index (κ3) is 3.30. The van der Waals surface area contributed by atoms with Crippen LogP contribution in [0.5, 0.6) is 11.5 Å². The van der Waals surface area contributed by atoms with Crippen LogP contribution in [0.1, 0.15) is 18.2 Å². The van der Waals surface area contributed by atoms with Crippen LogP contribution in [-0.2, 0) is 11.2 Å². The highest BCUT2D eigenvalue weighted by molar-refractivity contribution is 6.11. The molecular weight excluding hydrogens is 356 g/mol. The van der Waals surface area contributed by atoms with E-state index in [1.54, 1.807) is 24.3 Å². The smallest absolute Gasteiger partial charge is 0.266 e. The standard InChI is InChI=1S/C22H18N2O4/c1-2-18-17(16-5-3-4-6-19(16)28-18)11-14(13-23)22(25)24-15-7-8-20-21(12-15)27-10-9-26-20/h3-8,11-12H,2,9-10H2,1H3,(H,24,25)/b14-11+. The van der Waals surface area contributed by atoms with Crippen molar-refractivity contribution in [2.24, 2.45) is 0 Å². The highest BCUT2D eigenvalue weighted by atomic mass is 16.6. The van der Waals surface area contributed by atoms with Crippen molar-refractivity contribution in [3.8, 4) is 17.6 Å². The van der Waals surface area contributed by atoms with Crippen molar-refractivity contribution in [3.05, 3.63) is 59.4 Å². The van der Waals surface area contributed by atoms with E-state index in [0.717, 1.165) is 22.3 Å². The van der Waals surface area contributed by atoms with Crippen molar-refractivity contribution < 1.29 is 18.7 Å². The van der Waals surface area contributed by atoms with Crippen LogP contribution in [0.25, 0.3) is 17.0 Å². The van der Waals surface area contributed by atoms with E-state index in [4.69, 9.17) is 13.9 Å². The maximum atomic E-state index is 12.7. The lowest BCUT2D eigenvalue weighted by molar-refractivity contribution is -0.112. The first-order valence-corrected chi connectivity index (χ1v) is 9.02. The molecule has 3 aromatic rings. The molecule has 1 aliphatic heterocycles. The highest BCUT2D eigenvalue weighted by Gasteiger charge is 2.17. The van der Waals surface area contributed by atoms with E-state index in [9.17, 15) is 10.1 Å². The van der Waals surface area contributed by atoms with Gasteiger partial charge in [-0.2, -0.15) is 5.26 Å². The van der Waals surface area contributed by atoms with Crippen molar-refractivity contribution >= 4 is 28.6 Å². The highest BCUT2D eigenvalue weighted by Crippen LogP contribution is 2.33. The normalized spacial score (nSPS) is 13.2. The van der Waals surface area contributed by atoms with E-state index in [-0.39, 0.29) is 5.57 Å². The number of hydrogen-bond acceptors (Lipinski definition) is 5. The van der Waals surface area contributed by atoms with Crippen LogP contribution in [0.15, 0.2) is 52.5 Å². The van der Waals surface area contributed by atoms with Gasteiger partial charge in [0.2, 0.25) is 0 Å². The number of anilines is 1. The molecule has 0 bridgehead atoms. The summed E-state index contributed by atoms with van der Waals surface area (Å²) in [6.45, 7) is 2.93. The van der Waals surface area contributed by atoms with E-state index in [2.05, 4.69) is 5.32 Å². The molecule has 0 atom stereocenters. The Hall–Kier alpha value is -3.72. The summed E-state index contributed by atoms with van der Waals surface area (Å²) in [5.74, 6) is 1.45. The molecule has 28 heavy (non-hydrogen) atoms. The summed E-state index contributed by atoms with van der Waals surface area (Å²) in [6.07, 6.45) is 2.24. The number of rotatable bonds is 4. The molecule has 6 nitrogen and oxygen atoms in total. The number of furan rings is 1. The molecule has 1 amide bonds. The average Bonchev–Trinajstić information content (AvgIpc) is 3.09. The Labute approximate surface area is 162 Å². The zero-order valence-electron chi connectivity index (χ0n) is 15.3. The number of nitriles is 1. The number of nitrogens with one attached hydrogen (secondary N) is 1. The summed E-state index contributed by atoms with van der Waals surface area (Å²) >= 11 is 0. The van der Waals surface area contributed by atoms with E-state index >= 15 is 0 Å². The molecule has 6 heteroatoms. The molecule has 0 aliphatic carbocycles. The topological polar surface area (TPSA) is 84.5 Å². The zero-order chi connectivity index (χ0) is 19.5. The van der Waals surface area contributed by atoms with Crippen LogP contribution < -0.4 is 14.8 Å². The van der Waals surface area contributed by atoms with Crippen LogP contribution in [0, 0.1) is 11.3 Å². The summed E-state index contributed by atoms with van der Waals surface area (Å²) in [5, 5.41) is 13.2. The zero-order valence-corrected chi connectivity index (χ0v) is 15.3. The minimum absolute atomic E-state index is 0.00357. The summed E-state index contributed by atoms with van der Waals surface area (Å²) in [6, 6.07) is 14.7. The van der Waals surface area contributed by atoms with Crippen molar-refractivity contribution in [2.75, 3.05) is 18.5 Å². The van der Waals surface area contributed by atoms with Crippen molar-refractivity contribution in [1.29, 1.82) is 5.26 Å². The molecule has 2 aromatic carbocycles. The Kier molecular flexibility index (Phi) is 4.73. The summed E-state index contributed by atoms with van der Waals surface area (Å²) in [5.41, 5.74) is 2.02. The molecule has 0 unspecified atom stereocenters. The van der Waals surface area contributed by atoms with Crippen LogP contribution >= 0.6 is 0 Å². The van der Waals surface area contributed by atoms with Gasteiger partial charge in [0, 0.05) is 29.1 Å². The molecule has 4 rings (SSSR count). The van der Waals surface area contributed by atoms with Gasteiger partial charge in [-0.1, -0.05) is 25.1 Å². The molecular formula is C22H18N2O4. The monoisotopic (exact) mass is 374 g/mol. The Morgan fingerprint density at radius 2 is 1.96 bits per heavy atom. The molecule has 140 valence electrons. The number of benzene rings is 2. The molecule has 1 aromatic heterocycles. The van der Waals surface area contributed by atoms with E-state index in [1.807, 2.05) is 37.3 Å². The number of carbonyl (C=O) groups is 1. The summed E-state index contributed by atoms with van der Waals surface area (Å²) in [7, 11) is 0. The molecule has 0 radical (unpaired) electrons. The van der Waals surface area contributed by atoms with Crippen LogP contribution in [0.3, 0.4) is 0 Å². The molecule has 0 fully saturated rings. The number of aryl methyl sites for hydroxylation is 1. The number of carbonyl (C=O) groups excluding carboxylic acids is 1. The minimum atomic E-state index is -0.494. The van der Waals surface area contributed by atoms with Gasteiger partial charge in [0.05, 0.1) is 0 Å². The Morgan fingerprint density at radius 1 is 1.18 bits per heavy atom. The van der Waals surface area contributed by atoms with E-state index in [1.165, 1.54) is 0 Å². The van der Waals surface area contributed by atoms with Gasteiger partial charge < -0.3 is 19.2 Å². The maximum absolute atomic E-state index is 12.7. The first-order chi connectivity index (χ1) is 13.7. The number of nitrogens with zero attached hydrogens (tertiary/aromatic N) is 1. The maximum Gasteiger partial charge on any atom is 0.266 e. The van der Waals surface area contributed by atoms with Crippen LogP contribution in [0.2, 0.25) is 0 Å². The van der Waals surface area contributed by atoms with Gasteiger partial charge in [0.25, 0.3) is 5.91 Å². The number of ether oxygens (including phenoxy) is 2. The second-order valence-electron chi connectivity index (χ2n) is 6.27. The fraction of sp³-hybridized carbons (Fsp3) is 0.182. The lowest BCUT2D eigenvalue weighted by atomic mass is 10.1. The summed E-state index contributed by atoms with van der Waals surface area (Å²) < 4.78 is 16.8. The van der Waals surface area contributed by atoms with Crippen molar-refractivity contribution in [2.45, 2.75) is 13.3 Å². The van der Waals surface area contributed by atoms with Crippen LogP contribution in [-0.4, -0.2) is 19.1 Å². The Balaban J connectivity index is 1.64. The second-order valence-corrected chi connectivity index (χ2v) is 6.27. The van der Waals surface area contributed by atoms with E-state index < -0.39 is 5.91 Å². The van der Waals surface area contributed by atoms with Crippen molar-refractivity contribution in [3.63, 3.8) is 0 Å². The lowest BCUT2D eigenvalue weighted by Crippen LogP contribution is -2.17. The molecule has 2 heterocycles. The first-order valence-electron chi connectivity index (χ1n) is 9.02. The Bertz CT molecular complexity index is 1120. The Morgan fingerprint density at radius 3 is 2.75 bits per heavy atom. The third-order valence-corrected chi connectivity index (χ3v) is 4.49. The van der Waals surface area contributed by atoms with Gasteiger partial charge in [0.1, 0.15) is 36.2 Å². The largest absolute Gasteiger partial charge is 0.486 e. The van der Waals surface area contributed by atoms with Gasteiger partial charge >= 0.3 is 0 Å². The molecule has 0 saturated heterocycles. The number of amides is 1. The predicted molar refractivity (Wildman–Crippen MR) is 105 cm³/mol. The fourth-order valence-electron chi connectivity index (χ4n) is 3.15. The molecule has 0 spiro atoms. The minimum Gasteiger partial charge on any atom is -0.486 e. The van der Waals surface area contributed by atoms with Gasteiger partial charge in [-0.05, 0) is 24.3 Å². The number of hydrogen-bond donors (Lipinski definition) is 1.